The van der Waals surface area contributed by atoms with Gasteiger partial charge in [-0.3, -0.25) is 4.79 Å². The minimum absolute atomic E-state index is 0.0737. The number of nitrogens with one attached hydrogen (secondary N) is 1. The number of carbonyl (C=O) groups excluding carboxylic acids is 1. The molecule has 6 heteroatoms. The topological polar surface area (TPSA) is 67.8 Å². The minimum Gasteiger partial charge on any atom is -0.493 e. The fourth-order valence-electron chi connectivity index (χ4n) is 3.91. The standard InChI is InChI=1S/C24H26ClNO4/c1-3-14-30-21-13-10-17(15-22(21)29-2)19-6-4-5-7-20(19)26-24(28)23(27)16-8-11-18(25)12-9-16/h1,8-13,15,19-20,23,27H,4-7,14H2,2H3,(H,26,28)/t19-,20+,23?/m1/s1. The molecular weight excluding hydrogens is 402 g/mol. The van der Waals surface area contributed by atoms with Crippen LogP contribution in [0.15, 0.2) is 42.5 Å². The van der Waals surface area contributed by atoms with Crippen LogP contribution in [0.3, 0.4) is 0 Å². The Kier molecular flexibility index (Phi) is 7.62. The molecule has 5 nitrogen and oxygen atoms in total. The SMILES string of the molecule is C#CCOc1ccc([C@H]2CCCC[C@@H]2NC(=O)C(O)c2ccc(Cl)cc2)cc1OC. The number of aliphatic hydroxyl groups is 1. The third-order valence-electron chi connectivity index (χ3n) is 5.45. The summed E-state index contributed by atoms with van der Waals surface area (Å²) in [5.41, 5.74) is 1.58. The highest BCUT2D eigenvalue weighted by Crippen LogP contribution is 2.38. The molecular formula is C24H26ClNO4. The van der Waals surface area contributed by atoms with Crippen LogP contribution in [0, 0.1) is 12.3 Å². The van der Waals surface area contributed by atoms with Crippen molar-refractivity contribution in [3.63, 3.8) is 0 Å². The Hall–Kier alpha value is -2.68. The number of ether oxygens (including phenoxy) is 2. The van der Waals surface area contributed by atoms with E-state index < -0.39 is 12.0 Å². The lowest BCUT2D eigenvalue weighted by molar-refractivity contribution is -0.130. The lowest BCUT2D eigenvalue weighted by atomic mass is 9.79. The summed E-state index contributed by atoms with van der Waals surface area (Å²) < 4.78 is 11.0. The van der Waals surface area contributed by atoms with Gasteiger partial charge in [0.15, 0.2) is 17.6 Å². The molecule has 0 radical (unpaired) electrons. The fourth-order valence-corrected chi connectivity index (χ4v) is 4.04. The van der Waals surface area contributed by atoms with Crippen molar-refractivity contribution < 1.29 is 19.4 Å². The third-order valence-corrected chi connectivity index (χ3v) is 5.71. The molecule has 0 spiro atoms. The highest BCUT2D eigenvalue weighted by molar-refractivity contribution is 6.30. The van der Waals surface area contributed by atoms with Crippen LogP contribution in [-0.2, 0) is 4.79 Å². The smallest absolute Gasteiger partial charge is 0.253 e. The fraction of sp³-hybridized carbons (Fsp3) is 0.375. The molecule has 3 atom stereocenters. The first-order chi connectivity index (χ1) is 14.5. The predicted octanol–water partition coefficient (Wildman–Crippen LogP) is 4.24. The Morgan fingerprint density at radius 3 is 2.67 bits per heavy atom. The molecule has 1 saturated carbocycles. The van der Waals surface area contributed by atoms with Gasteiger partial charge in [0.05, 0.1) is 7.11 Å². The van der Waals surface area contributed by atoms with E-state index in [1.807, 2.05) is 18.2 Å². The molecule has 1 aliphatic rings. The second-order valence-electron chi connectivity index (χ2n) is 7.36. The summed E-state index contributed by atoms with van der Waals surface area (Å²) in [5.74, 6) is 3.36. The van der Waals surface area contributed by atoms with Crippen molar-refractivity contribution in [2.45, 2.75) is 43.7 Å². The van der Waals surface area contributed by atoms with E-state index in [0.29, 0.717) is 22.1 Å². The van der Waals surface area contributed by atoms with Crippen molar-refractivity contribution in [2.75, 3.05) is 13.7 Å². The average molecular weight is 428 g/mol. The molecule has 0 aromatic heterocycles. The number of terminal acetylenes is 1. The van der Waals surface area contributed by atoms with E-state index in [1.54, 1.807) is 31.4 Å². The first-order valence-corrected chi connectivity index (χ1v) is 10.4. The first kappa shape index (κ1) is 22.0. The van der Waals surface area contributed by atoms with Gasteiger partial charge in [-0.2, -0.15) is 0 Å². The van der Waals surface area contributed by atoms with Crippen molar-refractivity contribution in [1.29, 1.82) is 0 Å². The van der Waals surface area contributed by atoms with Crippen molar-refractivity contribution >= 4 is 17.5 Å². The Labute approximate surface area is 182 Å². The van der Waals surface area contributed by atoms with Gasteiger partial charge in [0.1, 0.15) is 6.61 Å². The van der Waals surface area contributed by atoms with Crippen LogP contribution in [-0.4, -0.2) is 30.8 Å². The lowest BCUT2D eigenvalue weighted by Gasteiger charge is -2.33. The number of benzene rings is 2. The monoisotopic (exact) mass is 427 g/mol. The van der Waals surface area contributed by atoms with E-state index >= 15 is 0 Å². The molecule has 1 unspecified atom stereocenters. The zero-order valence-corrected chi connectivity index (χ0v) is 17.7. The maximum atomic E-state index is 12.7. The van der Waals surface area contributed by atoms with Crippen LogP contribution in [0.4, 0.5) is 0 Å². The third kappa shape index (κ3) is 5.27. The van der Waals surface area contributed by atoms with Gasteiger partial charge in [0, 0.05) is 17.0 Å². The van der Waals surface area contributed by atoms with Crippen LogP contribution in [0.1, 0.15) is 48.8 Å². The highest BCUT2D eigenvalue weighted by atomic mass is 35.5. The van der Waals surface area contributed by atoms with E-state index in [1.165, 1.54) is 0 Å². The van der Waals surface area contributed by atoms with Gasteiger partial charge in [-0.15, -0.1) is 6.42 Å². The van der Waals surface area contributed by atoms with Crippen molar-refractivity contribution in [3.05, 3.63) is 58.6 Å². The average Bonchev–Trinajstić information content (AvgIpc) is 2.78. The Bertz CT molecular complexity index is 906. The maximum absolute atomic E-state index is 12.7. The van der Waals surface area contributed by atoms with Gasteiger partial charge >= 0.3 is 0 Å². The Morgan fingerprint density at radius 1 is 1.23 bits per heavy atom. The molecule has 0 saturated heterocycles. The summed E-state index contributed by atoms with van der Waals surface area (Å²) >= 11 is 5.89. The number of amides is 1. The molecule has 158 valence electrons. The van der Waals surface area contributed by atoms with Gasteiger partial charge in [-0.05, 0) is 48.2 Å². The van der Waals surface area contributed by atoms with Crippen LogP contribution in [0.25, 0.3) is 0 Å². The molecule has 2 aromatic carbocycles. The van der Waals surface area contributed by atoms with Crippen molar-refractivity contribution in [3.8, 4) is 23.8 Å². The van der Waals surface area contributed by atoms with E-state index in [2.05, 4.69) is 11.2 Å². The number of hydrogen-bond acceptors (Lipinski definition) is 4. The number of methoxy groups -OCH3 is 1. The zero-order valence-electron chi connectivity index (χ0n) is 16.9. The van der Waals surface area contributed by atoms with E-state index in [9.17, 15) is 9.90 Å². The summed E-state index contributed by atoms with van der Waals surface area (Å²) in [7, 11) is 1.59. The lowest BCUT2D eigenvalue weighted by Crippen LogP contribution is -2.43. The number of carbonyl (C=O) groups is 1. The molecule has 0 heterocycles. The Balaban J connectivity index is 1.75. The van der Waals surface area contributed by atoms with Gasteiger partial charge in [0.2, 0.25) is 0 Å². The highest BCUT2D eigenvalue weighted by Gasteiger charge is 2.30. The summed E-state index contributed by atoms with van der Waals surface area (Å²) in [6.07, 6.45) is 7.93. The van der Waals surface area contributed by atoms with Crippen molar-refractivity contribution in [1.82, 2.24) is 5.32 Å². The number of halogens is 1. The van der Waals surface area contributed by atoms with E-state index in [4.69, 9.17) is 27.5 Å². The summed E-state index contributed by atoms with van der Waals surface area (Å²) in [5, 5.41) is 14.1. The Morgan fingerprint density at radius 2 is 1.97 bits per heavy atom. The molecule has 0 bridgehead atoms. The molecule has 2 aromatic rings. The summed E-state index contributed by atoms with van der Waals surface area (Å²) in [4.78, 5) is 12.7. The van der Waals surface area contributed by atoms with Crippen LogP contribution in [0.5, 0.6) is 11.5 Å². The number of aliphatic hydroxyl groups excluding tert-OH is 1. The van der Waals surface area contributed by atoms with Crippen molar-refractivity contribution in [2.24, 2.45) is 0 Å². The van der Waals surface area contributed by atoms with Gasteiger partial charge < -0.3 is 19.9 Å². The predicted molar refractivity (Wildman–Crippen MR) is 117 cm³/mol. The minimum atomic E-state index is -1.24. The second kappa shape index (κ2) is 10.4. The quantitative estimate of drug-likeness (QED) is 0.648. The molecule has 1 amide bonds. The molecule has 30 heavy (non-hydrogen) atoms. The zero-order chi connectivity index (χ0) is 21.5. The molecule has 2 N–H and O–H groups in total. The first-order valence-electron chi connectivity index (χ1n) is 10.0. The van der Waals surface area contributed by atoms with Gasteiger partial charge in [-0.25, -0.2) is 0 Å². The number of rotatable bonds is 7. The number of hydrogen-bond donors (Lipinski definition) is 2. The van der Waals surface area contributed by atoms with Gasteiger partial charge in [-0.1, -0.05) is 48.6 Å². The van der Waals surface area contributed by atoms with Crippen LogP contribution < -0.4 is 14.8 Å². The van der Waals surface area contributed by atoms with Gasteiger partial charge in [0.25, 0.3) is 5.91 Å². The van der Waals surface area contributed by atoms with Crippen LogP contribution >= 0.6 is 11.6 Å². The molecule has 0 aliphatic heterocycles. The molecule has 3 rings (SSSR count). The van der Waals surface area contributed by atoms with E-state index in [0.717, 1.165) is 31.2 Å². The molecule has 1 fully saturated rings. The summed E-state index contributed by atoms with van der Waals surface area (Å²) in [6, 6.07) is 12.3. The molecule has 1 aliphatic carbocycles. The van der Waals surface area contributed by atoms with Crippen LogP contribution in [0.2, 0.25) is 5.02 Å². The second-order valence-corrected chi connectivity index (χ2v) is 7.80. The maximum Gasteiger partial charge on any atom is 0.253 e. The summed E-state index contributed by atoms with van der Waals surface area (Å²) in [6.45, 7) is 0.167. The largest absolute Gasteiger partial charge is 0.493 e. The normalized spacial score (nSPS) is 19.4. The van der Waals surface area contributed by atoms with E-state index in [-0.39, 0.29) is 18.6 Å².